The molecule has 1 saturated carbocycles. The van der Waals surface area contributed by atoms with Crippen molar-refractivity contribution in [3.63, 3.8) is 0 Å². The standard InChI is InChI=1S/C12H21NO3/c1-3-9(2)13(8-11(14)15)12(16)10-6-4-5-7-10/h9-10H,3-8H2,1-2H3,(H,14,15). The summed E-state index contributed by atoms with van der Waals surface area (Å²) in [6.45, 7) is 3.72. The molecule has 1 unspecified atom stereocenters. The Hall–Kier alpha value is -1.06. The summed E-state index contributed by atoms with van der Waals surface area (Å²) in [4.78, 5) is 24.4. The molecule has 0 aromatic rings. The summed E-state index contributed by atoms with van der Waals surface area (Å²) < 4.78 is 0. The second-order valence-electron chi connectivity index (χ2n) is 4.60. The molecule has 1 amide bonds. The van der Waals surface area contributed by atoms with E-state index in [9.17, 15) is 9.59 Å². The minimum atomic E-state index is -0.924. The Morgan fingerprint density at radius 3 is 2.38 bits per heavy atom. The SMILES string of the molecule is CCC(C)N(CC(=O)O)C(=O)C1CCCC1. The molecule has 1 atom stereocenters. The molecule has 0 radical (unpaired) electrons. The van der Waals surface area contributed by atoms with Crippen LogP contribution in [0.1, 0.15) is 46.0 Å². The van der Waals surface area contributed by atoms with Crippen LogP contribution in [0.4, 0.5) is 0 Å². The number of aliphatic carboxylic acids is 1. The summed E-state index contributed by atoms with van der Waals surface area (Å²) in [7, 11) is 0. The van der Waals surface area contributed by atoms with Gasteiger partial charge in [0.2, 0.25) is 5.91 Å². The lowest BCUT2D eigenvalue weighted by Gasteiger charge is -2.29. The highest BCUT2D eigenvalue weighted by molar-refractivity contribution is 5.83. The molecule has 0 aliphatic heterocycles. The van der Waals surface area contributed by atoms with Crippen molar-refractivity contribution in [3.05, 3.63) is 0 Å². The topological polar surface area (TPSA) is 57.6 Å². The number of carbonyl (C=O) groups is 2. The molecule has 0 saturated heterocycles. The molecule has 1 N–H and O–H groups in total. The molecule has 0 spiro atoms. The van der Waals surface area contributed by atoms with Crippen LogP contribution in [0.2, 0.25) is 0 Å². The number of carboxylic acid groups (broad SMARTS) is 1. The lowest BCUT2D eigenvalue weighted by atomic mass is 10.0. The number of amides is 1. The molecular formula is C12H21NO3. The summed E-state index contributed by atoms with van der Waals surface area (Å²) in [6, 6.07) is 0.0178. The summed E-state index contributed by atoms with van der Waals surface area (Å²) >= 11 is 0. The van der Waals surface area contributed by atoms with Gasteiger partial charge >= 0.3 is 5.97 Å². The minimum Gasteiger partial charge on any atom is -0.480 e. The Morgan fingerprint density at radius 1 is 1.38 bits per heavy atom. The largest absolute Gasteiger partial charge is 0.480 e. The fourth-order valence-corrected chi connectivity index (χ4v) is 2.22. The van der Waals surface area contributed by atoms with E-state index in [0.717, 1.165) is 32.1 Å². The highest BCUT2D eigenvalue weighted by Gasteiger charge is 2.30. The molecule has 1 aliphatic carbocycles. The molecule has 0 aromatic carbocycles. The molecule has 1 aliphatic rings. The maximum Gasteiger partial charge on any atom is 0.323 e. The predicted octanol–water partition coefficient (Wildman–Crippen LogP) is 1.89. The molecule has 16 heavy (non-hydrogen) atoms. The van der Waals surface area contributed by atoms with Crippen LogP contribution in [0, 0.1) is 5.92 Å². The summed E-state index contributed by atoms with van der Waals surface area (Å²) in [5.74, 6) is -0.825. The van der Waals surface area contributed by atoms with E-state index in [0.29, 0.717) is 0 Å². The van der Waals surface area contributed by atoms with Crippen molar-refractivity contribution in [1.82, 2.24) is 4.90 Å². The van der Waals surface area contributed by atoms with E-state index >= 15 is 0 Å². The Bertz CT molecular complexity index is 259. The van der Waals surface area contributed by atoms with Crippen molar-refractivity contribution in [2.45, 2.75) is 52.0 Å². The fourth-order valence-electron chi connectivity index (χ4n) is 2.22. The second kappa shape index (κ2) is 5.87. The molecule has 4 heteroatoms. The zero-order chi connectivity index (χ0) is 12.1. The van der Waals surface area contributed by atoms with Crippen LogP contribution in [0.5, 0.6) is 0 Å². The minimum absolute atomic E-state index is 0.0178. The van der Waals surface area contributed by atoms with Gasteiger partial charge in [0.25, 0.3) is 0 Å². The van der Waals surface area contributed by atoms with Gasteiger partial charge in [-0.3, -0.25) is 9.59 Å². The normalized spacial score (nSPS) is 18.4. The Kier molecular flexibility index (Phi) is 4.77. The summed E-state index contributed by atoms with van der Waals surface area (Å²) in [5, 5.41) is 8.83. The van der Waals surface area contributed by atoms with Gasteiger partial charge in [0.1, 0.15) is 6.54 Å². The highest BCUT2D eigenvalue weighted by Crippen LogP contribution is 2.27. The first-order chi connectivity index (χ1) is 7.56. The van der Waals surface area contributed by atoms with Crippen LogP contribution in [-0.2, 0) is 9.59 Å². The highest BCUT2D eigenvalue weighted by atomic mass is 16.4. The van der Waals surface area contributed by atoms with E-state index in [1.807, 2.05) is 13.8 Å². The van der Waals surface area contributed by atoms with Crippen molar-refractivity contribution in [2.75, 3.05) is 6.54 Å². The molecule has 0 heterocycles. The van der Waals surface area contributed by atoms with E-state index in [1.165, 1.54) is 4.90 Å². The van der Waals surface area contributed by atoms with Gasteiger partial charge in [-0.15, -0.1) is 0 Å². The molecule has 1 rings (SSSR count). The first-order valence-corrected chi connectivity index (χ1v) is 6.08. The van der Waals surface area contributed by atoms with Crippen LogP contribution in [0.3, 0.4) is 0 Å². The van der Waals surface area contributed by atoms with Gasteiger partial charge < -0.3 is 10.0 Å². The molecule has 4 nitrogen and oxygen atoms in total. The molecule has 1 fully saturated rings. The number of hydrogen-bond donors (Lipinski definition) is 1. The van der Waals surface area contributed by atoms with Crippen molar-refractivity contribution in [1.29, 1.82) is 0 Å². The quantitative estimate of drug-likeness (QED) is 0.780. The third-order valence-corrected chi connectivity index (χ3v) is 3.42. The number of carboxylic acids is 1. The monoisotopic (exact) mass is 227 g/mol. The molecular weight excluding hydrogens is 206 g/mol. The average molecular weight is 227 g/mol. The van der Waals surface area contributed by atoms with E-state index < -0.39 is 5.97 Å². The number of rotatable bonds is 5. The Labute approximate surface area is 96.6 Å². The smallest absolute Gasteiger partial charge is 0.323 e. The zero-order valence-corrected chi connectivity index (χ0v) is 10.1. The number of nitrogens with zero attached hydrogens (tertiary/aromatic N) is 1. The van der Waals surface area contributed by atoms with Crippen molar-refractivity contribution in [3.8, 4) is 0 Å². The second-order valence-corrected chi connectivity index (χ2v) is 4.60. The van der Waals surface area contributed by atoms with Gasteiger partial charge in [-0.1, -0.05) is 19.8 Å². The predicted molar refractivity (Wildman–Crippen MR) is 61.1 cm³/mol. The Balaban J connectivity index is 2.66. The maximum absolute atomic E-state index is 12.1. The lowest BCUT2D eigenvalue weighted by molar-refractivity contribution is -0.148. The Morgan fingerprint density at radius 2 is 1.94 bits per heavy atom. The number of carbonyl (C=O) groups excluding carboxylic acids is 1. The molecule has 92 valence electrons. The maximum atomic E-state index is 12.1. The van der Waals surface area contributed by atoms with Crippen molar-refractivity contribution >= 4 is 11.9 Å². The van der Waals surface area contributed by atoms with E-state index in [-0.39, 0.29) is 24.4 Å². The first kappa shape index (κ1) is 13.0. The van der Waals surface area contributed by atoms with Crippen LogP contribution in [-0.4, -0.2) is 34.5 Å². The van der Waals surface area contributed by atoms with Gasteiger partial charge in [0.15, 0.2) is 0 Å². The summed E-state index contributed by atoms with van der Waals surface area (Å²) in [6.07, 6.45) is 4.83. The van der Waals surface area contributed by atoms with Gasteiger partial charge in [-0.25, -0.2) is 0 Å². The molecule has 0 bridgehead atoms. The molecule has 0 aromatic heterocycles. The van der Waals surface area contributed by atoms with Crippen LogP contribution < -0.4 is 0 Å². The van der Waals surface area contributed by atoms with Gasteiger partial charge in [-0.05, 0) is 26.2 Å². The average Bonchev–Trinajstić information content (AvgIpc) is 2.77. The third kappa shape index (κ3) is 3.22. The lowest BCUT2D eigenvalue weighted by Crippen LogP contribution is -2.44. The third-order valence-electron chi connectivity index (χ3n) is 3.42. The van der Waals surface area contributed by atoms with Crippen molar-refractivity contribution < 1.29 is 14.7 Å². The van der Waals surface area contributed by atoms with Crippen LogP contribution in [0.15, 0.2) is 0 Å². The van der Waals surface area contributed by atoms with E-state index in [4.69, 9.17) is 5.11 Å². The first-order valence-electron chi connectivity index (χ1n) is 6.08. The van der Waals surface area contributed by atoms with E-state index in [1.54, 1.807) is 0 Å². The van der Waals surface area contributed by atoms with Crippen LogP contribution in [0.25, 0.3) is 0 Å². The van der Waals surface area contributed by atoms with Gasteiger partial charge in [-0.2, -0.15) is 0 Å². The van der Waals surface area contributed by atoms with Crippen LogP contribution >= 0.6 is 0 Å². The van der Waals surface area contributed by atoms with Gasteiger partial charge in [0.05, 0.1) is 0 Å². The number of hydrogen-bond acceptors (Lipinski definition) is 2. The van der Waals surface area contributed by atoms with Crippen molar-refractivity contribution in [2.24, 2.45) is 5.92 Å². The fraction of sp³-hybridized carbons (Fsp3) is 0.833. The van der Waals surface area contributed by atoms with E-state index in [2.05, 4.69) is 0 Å². The zero-order valence-electron chi connectivity index (χ0n) is 10.1. The van der Waals surface area contributed by atoms with Gasteiger partial charge in [0, 0.05) is 12.0 Å². The summed E-state index contributed by atoms with van der Waals surface area (Å²) in [5.41, 5.74) is 0.